The molecule has 0 spiro atoms. The third-order valence-corrected chi connectivity index (χ3v) is 10.2. The van der Waals surface area contributed by atoms with E-state index in [4.69, 9.17) is 23.7 Å². The second kappa shape index (κ2) is 16.4. The molecule has 1 saturated carbocycles. The number of benzene rings is 2. The SMILES string of the molecule is CCCCC(CC)(COC(=O)c1cccc(C(=O)OCC2(CC)CCC2)c1)COC(=O)c1cccc(C(=O)OCC2(CC)COC2)c1. The van der Waals surface area contributed by atoms with E-state index in [-0.39, 0.29) is 47.3 Å². The molecule has 47 heavy (non-hydrogen) atoms. The molecule has 1 atom stereocenters. The lowest BCUT2D eigenvalue weighted by Gasteiger charge is -2.40. The van der Waals surface area contributed by atoms with Crippen molar-refractivity contribution in [2.45, 2.75) is 85.5 Å². The molecular formula is C38H50O9. The van der Waals surface area contributed by atoms with E-state index in [1.807, 2.05) is 13.8 Å². The van der Waals surface area contributed by atoms with Gasteiger partial charge in [0.05, 0.1) is 47.5 Å². The van der Waals surface area contributed by atoms with Gasteiger partial charge in [-0.3, -0.25) is 0 Å². The Morgan fingerprint density at radius 3 is 1.47 bits per heavy atom. The molecule has 2 aromatic rings. The maximum atomic E-state index is 13.2. The van der Waals surface area contributed by atoms with Crippen LogP contribution in [0.25, 0.3) is 0 Å². The van der Waals surface area contributed by atoms with Crippen LogP contribution in [0.3, 0.4) is 0 Å². The van der Waals surface area contributed by atoms with Crippen molar-refractivity contribution in [1.82, 2.24) is 0 Å². The Labute approximate surface area is 278 Å². The van der Waals surface area contributed by atoms with Gasteiger partial charge in [0.2, 0.25) is 0 Å². The predicted molar refractivity (Wildman–Crippen MR) is 176 cm³/mol. The maximum absolute atomic E-state index is 13.2. The predicted octanol–water partition coefficient (Wildman–Crippen LogP) is 7.61. The minimum absolute atomic E-state index is 0.0366. The van der Waals surface area contributed by atoms with Crippen LogP contribution in [0.1, 0.15) is 127 Å². The lowest BCUT2D eigenvalue weighted by Crippen LogP contribution is -2.46. The Bertz CT molecular complexity index is 1280. The third kappa shape index (κ3) is 9.21. The van der Waals surface area contributed by atoms with Crippen LogP contribution in [0.2, 0.25) is 0 Å². The van der Waals surface area contributed by atoms with Crippen LogP contribution in [-0.4, -0.2) is 63.5 Å². The number of hydrogen-bond donors (Lipinski definition) is 0. The van der Waals surface area contributed by atoms with E-state index < -0.39 is 29.3 Å². The normalized spacial score (nSPS) is 17.3. The average Bonchev–Trinajstić information content (AvgIpc) is 3.07. The van der Waals surface area contributed by atoms with Crippen molar-refractivity contribution >= 4 is 23.9 Å². The molecular weight excluding hydrogens is 600 g/mol. The van der Waals surface area contributed by atoms with Gasteiger partial charge in [-0.2, -0.15) is 0 Å². The molecule has 0 bridgehead atoms. The average molecular weight is 651 g/mol. The first-order valence-electron chi connectivity index (χ1n) is 17.1. The van der Waals surface area contributed by atoms with Crippen molar-refractivity contribution in [1.29, 1.82) is 0 Å². The highest BCUT2D eigenvalue weighted by molar-refractivity contribution is 5.96. The summed E-state index contributed by atoms with van der Waals surface area (Å²) in [5, 5.41) is 0. The number of unbranched alkanes of at least 4 members (excludes halogenated alkanes) is 1. The molecule has 1 heterocycles. The summed E-state index contributed by atoms with van der Waals surface area (Å²) in [6.07, 6.45) is 8.16. The molecule has 1 unspecified atom stereocenters. The monoisotopic (exact) mass is 650 g/mol. The van der Waals surface area contributed by atoms with E-state index in [0.29, 0.717) is 38.2 Å². The van der Waals surface area contributed by atoms with Crippen molar-refractivity contribution in [2.24, 2.45) is 16.2 Å². The second-order valence-electron chi connectivity index (χ2n) is 13.5. The molecule has 1 saturated heterocycles. The number of ether oxygens (including phenoxy) is 5. The number of hydrogen-bond acceptors (Lipinski definition) is 9. The lowest BCUT2D eigenvalue weighted by molar-refractivity contribution is -0.140. The maximum Gasteiger partial charge on any atom is 0.338 e. The quantitative estimate of drug-likeness (QED) is 0.119. The summed E-state index contributed by atoms with van der Waals surface area (Å²) in [6, 6.07) is 12.7. The highest BCUT2D eigenvalue weighted by Gasteiger charge is 2.39. The van der Waals surface area contributed by atoms with Gasteiger partial charge in [0, 0.05) is 10.8 Å². The highest BCUT2D eigenvalue weighted by Crippen LogP contribution is 2.44. The third-order valence-electron chi connectivity index (χ3n) is 10.2. The van der Waals surface area contributed by atoms with E-state index >= 15 is 0 Å². The van der Waals surface area contributed by atoms with Gasteiger partial charge < -0.3 is 23.7 Å². The molecule has 2 aliphatic rings. The van der Waals surface area contributed by atoms with Crippen molar-refractivity contribution in [3.8, 4) is 0 Å². The molecule has 256 valence electrons. The largest absolute Gasteiger partial charge is 0.462 e. The van der Waals surface area contributed by atoms with E-state index in [2.05, 4.69) is 13.8 Å². The Morgan fingerprint density at radius 2 is 1.13 bits per heavy atom. The topological polar surface area (TPSA) is 114 Å². The summed E-state index contributed by atoms with van der Waals surface area (Å²) in [7, 11) is 0. The minimum atomic E-state index is -0.606. The van der Waals surface area contributed by atoms with E-state index in [1.165, 1.54) is 12.1 Å². The lowest BCUT2D eigenvalue weighted by atomic mass is 9.68. The Hall–Kier alpha value is -3.72. The van der Waals surface area contributed by atoms with Gasteiger partial charge in [-0.1, -0.05) is 59.1 Å². The standard InChI is InChI=1S/C38H50O9/c1-5-9-17-37(7-3,25-45-33(40)29-14-10-13-28(20-29)32(39)44-24-36(6-2)18-12-19-36)26-46-34(41)30-15-11-16-31(21-30)35(42)47-27-38(8-4)22-43-23-38/h10-11,13-16,20-21H,5-9,12,17-19,22-27H2,1-4H3. The van der Waals surface area contributed by atoms with Gasteiger partial charge in [-0.15, -0.1) is 0 Å². The smallest absolute Gasteiger partial charge is 0.338 e. The molecule has 1 aliphatic carbocycles. The molecule has 0 radical (unpaired) electrons. The van der Waals surface area contributed by atoms with Gasteiger partial charge in [-0.25, -0.2) is 19.2 Å². The van der Waals surface area contributed by atoms with E-state index in [9.17, 15) is 19.2 Å². The number of rotatable bonds is 18. The first-order valence-corrected chi connectivity index (χ1v) is 17.1. The van der Waals surface area contributed by atoms with Crippen LogP contribution in [0.4, 0.5) is 0 Å². The number of esters is 4. The number of carbonyl (C=O) groups excluding carboxylic acids is 4. The van der Waals surface area contributed by atoms with Crippen LogP contribution in [-0.2, 0) is 23.7 Å². The van der Waals surface area contributed by atoms with Crippen molar-refractivity contribution < 1.29 is 42.9 Å². The summed E-state index contributed by atoms with van der Waals surface area (Å²) in [5.74, 6) is -2.09. The molecule has 9 nitrogen and oxygen atoms in total. The summed E-state index contributed by atoms with van der Waals surface area (Å²) < 4.78 is 28.0. The van der Waals surface area contributed by atoms with Crippen LogP contribution in [0.15, 0.2) is 48.5 Å². The Balaban J connectivity index is 1.35. The van der Waals surface area contributed by atoms with Crippen LogP contribution in [0, 0.1) is 16.2 Å². The zero-order chi connectivity index (χ0) is 33.9. The fourth-order valence-electron chi connectivity index (χ4n) is 5.93. The van der Waals surface area contributed by atoms with Gasteiger partial charge in [0.1, 0.15) is 19.8 Å². The fraction of sp³-hybridized carbons (Fsp3) is 0.579. The van der Waals surface area contributed by atoms with Gasteiger partial charge >= 0.3 is 23.9 Å². The first kappa shape index (κ1) is 36.1. The summed E-state index contributed by atoms with van der Waals surface area (Å²) >= 11 is 0. The van der Waals surface area contributed by atoms with Crippen LogP contribution < -0.4 is 0 Å². The van der Waals surface area contributed by atoms with Crippen LogP contribution in [0.5, 0.6) is 0 Å². The molecule has 0 aromatic heterocycles. The molecule has 2 fully saturated rings. The fourth-order valence-corrected chi connectivity index (χ4v) is 5.93. The molecule has 1 aliphatic heterocycles. The first-order chi connectivity index (χ1) is 22.6. The molecule has 0 N–H and O–H groups in total. The van der Waals surface area contributed by atoms with E-state index in [1.54, 1.807) is 36.4 Å². The van der Waals surface area contributed by atoms with Crippen molar-refractivity contribution in [3.63, 3.8) is 0 Å². The summed E-state index contributed by atoms with van der Waals surface area (Å²) in [4.78, 5) is 51.8. The molecule has 9 heteroatoms. The van der Waals surface area contributed by atoms with Crippen LogP contribution >= 0.6 is 0 Å². The molecule has 0 amide bonds. The van der Waals surface area contributed by atoms with Crippen molar-refractivity contribution in [2.75, 3.05) is 39.6 Å². The van der Waals surface area contributed by atoms with Gasteiger partial charge in [0.15, 0.2) is 0 Å². The highest BCUT2D eigenvalue weighted by atomic mass is 16.6. The van der Waals surface area contributed by atoms with Gasteiger partial charge in [-0.05, 0) is 74.9 Å². The second-order valence-corrected chi connectivity index (χ2v) is 13.5. The zero-order valence-electron chi connectivity index (χ0n) is 28.4. The Kier molecular flexibility index (Phi) is 12.6. The Morgan fingerprint density at radius 1 is 0.681 bits per heavy atom. The molecule has 2 aromatic carbocycles. The molecule has 4 rings (SSSR count). The minimum Gasteiger partial charge on any atom is -0.462 e. The van der Waals surface area contributed by atoms with Crippen molar-refractivity contribution in [3.05, 3.63) is 70.8 Å². The summed E-state index contributed by atoms with van der Waals surface area (Å²) in [6.45, 7) is 10.1. The number of carbonyl (C=O) groups is 4. The summed E-state index contributed by atoms with van der Waals surface area (Å²) in [5.41, 5.74) is 0.399. The van der Waals surface area contributed by atoms with Gasteiger partial charge in [0.25, 0.3) is 0 Å². The van der Waals surface area contributed by atoms with E-state index in [0.717, 1.165) is 44.9 Å². The zero-order valence-corrected chi connectivity index (χ0v) is 28.4.